The van der Waals surface area contributed by atoms with Crippen LogP contribution in [0.25, 0.3) is 0 Å². The van der Waals surface area contributed by atoms with E-state index in [9.17, 15) is 0 Å². The van der Waals surface area contributed by atoms with E-state index in [0.29, 0.717) is 12.1 Å². The zero-order valence-corrected chi connectivity index (χ0v) is 12.1. The molecule has 1 atom stereocenters. The summed E-state index contributed by atoms with van der Waals surface area (Å²) in [6.07, 6.45) is 7.94. The van der Waals surface area contributed by atoms with Crippen LogP contribution >= 0.6 is 0 Å². The van der Waals surface area contributed by atoms with Crippen LogP contribution in [0.3, 0.4) is 0 Å². The zero-order chi connectivity index (χ0) is 13.6. The Morgan fingerprint density at radius 2 is 1.90 bits per heavy atom. The van der Waals surface area contributed by atoms with Gasteiger partial charge >= 0.3 is 0 Å². The Bertz CT molecular complexity index is 382. The molecule has 0 aliphatic carbocycles. The Morgan fingerprint density at radius 3 is 2.70 bits per heavy atom. The van der Waals surface area contributed by atoms with Crippen molar-refractivity contribution in [2.75, 3.05) is 31.2 Å². The first-order chi connectivity index (χ1) is 9.92. The summed E-state index contributed by atoms with van der Waals surface area (Å²) in [4.78, 5) is 6.84. The lowest BCUT2D eigenvalue weighted by Gasteiger charge is -2.35. The molecule has 2 saturated heterocycles. The quantitative estimate of drug-likeness (QED) is 0.918. The number of nitrogens with zero attached hydrogens (tertiary/aromatic N) is 2. The molecular weight excluding hydrogens is 250 g/mol. The summed E-state index contributed by atoms with van der Waals surface area (Å²) in [7, 11) is 0. The first-order valence-corrected chi connectivity index (χ1v) is 7.91. The molecule has 0 spiro atoms. The lowest BCUT2D eigenvalue weighted by molar-refractivity contribution is 0.142. The average molecular weight is 275 g/mol. The summed E-state index contributed by atoms with van der Waals surface area (Å²) in [6.45, 7) is 4.08. The van der Waals surface area contributed by atoms with E-state index in [2.05, 4.69) is 27.3 Å². The van der Waals surface area contributed by atoms with E-state index in [4.69, 9.17) is 4.74 Å². The maximum Gasteiger partial charge on any atom is 0.128 e. The number of nitrogens with one attached hydrogen (secondary N) is 1. The fourth-order valence-electron chi connectivity index (χ4n) is 3.22. The van der Waals surface area contributed by atoms with Crippen LogP contribution in [-0.2, 0) is 4.74 Å². The summed E-state index contributed by atoms with van der Waals surface area (Å²) >= 11 is 0. The molecule has 3 heterocycles. The minimum Gasteiger partial charge on any atom is -0.381 e. The number of pyridine rings is 1. The van der Waals surface area contributed by atoms with Crippen molar-refractivity contribution < 1.29 is 4.74 Å². The van der Waals surface area contributed by atoms with Crippen molar-refractivity contribution in [1.82, 2.24) is 10.3 Å². The molecule has 2 fully saturated rings. The average Bonchev–Trinajstić information content (AvgIpc) is 2.78. The summed E-state index contributed by atoms with van der Waals surface area (Å²) in [6, 6.07) is 7.47. The van der Waals surface area contributed by atoms with Crippen LogP contribution < -0.4 is 10.2 Å². The molecule has 0 bridgehead atoms. The third-order valence-corrected chi connectivity index (χ3v) is 4.39. The topological polar surface area (TPSA) is 37.4 Å². The Balaban J connectivity index is 1.46. The van der Waals surface area contributed by atoms with E-state index in [1.54, 1.807) is 0 Å². The number of ether oxygens (including phenoxy) is 1. The second-order valence-electron chi connectivity index (χ2n) is 5.86. The van der Waals surface area contributed by atoms with Crippen molar-refractivity contribution in [3.8, 4) is 0 Å². The van der Waals surface area contributed by atoms with Crippen LogP contribution in [0.2, 0.25) is 0 Å². The molecule has 2 aliphatic heterocycles. The van der Waals surface area contributed by atoms with E-state index >= 15 is 0 Å². The van der Waals surface area contributed by atoms with Gasteiger partial charge in [-0.1, -0.05) is 6.07 Å². The molecule has 0 aromatic carbocycles. The molecule has 4 nitrogen and oxygen atoms in total. The van der Waals surface area contributed by atoms with Gasteiger partial charge in [-0.3, -0.25) is 0 Å². The summed E-state index contributed by atoms with van der Waals surface area (Å²) < 4.78 is 5.53. The van der Waals surface area contributed by atoms with Crippen molar-refractivity contribution >= 4 is 5.82 Å². The molecule has 20 heavy (non-hydrogen) atoms. The summed E-state index contributed by atoms with van der Waals surface area (Å²) in [5.74, 6) is 1.12. The third kappa shape index (κ3) is 3.70. The maximum absolute atomic E-state index is 5.53. The highest BCUT2D eigenvalue weighted by molar-refractivity contribution is 5.38. The number of piperidine rings is 1. The molecule has 2 aliphatic rings. The van der Waals surface area contributed by atoms with Gasteiger partial charge in [-0.2, -0.15) is 0 Å². The Hall–Kier alpha value is -1.13. The minimum atomic E-state index is 0.656. The van der Waals surface area contributed by atoms with E-state index in [0.717, 1.165) is 32.1 Å². The van der Waals surface area contributed by atoms with Crippen LogP contribution in [0.15, 0.2) is 24.4 Å². The second kappa shape index (κ2) is 7.04. The molecule has 0 amide bonds. The predicted octanol–water partition coefficient (Wildman–Crippen LogP) is 2.21. The van der Waals surface area contributed by atoms with Gasteiger partial charge in [0.15, 0.2) is 0 Å². The molecule has 1 aromatic heterocycles. The molecular formula is C16H25N3O. The van der Waals surface area contributed by atoms with Gasteiger partial charge in [0.25, 0.3) is 0 Å². The van der Waals surface area contributed by atoms with Gasteiger partial charge in [0.05, 0.1) is 0 Å². The molecule has 1 unspecified atom stereocenters. The van der Waals surface area contributed by atoms with E-state index in [1.165, 1.54) is 32.1 Å². The number of aromatic nitrogens is 1. The van der Waals surface area contributed by atoms with Gasteiger partial charge in [-0.25, -0.2) is 4.98 Å². The fourth-order valence-corrected chi connectivity index (χ4v) is 3.22. The Labute approximate surface area is 121 Å². The molecule has 4 heteroatoms. The lowest BCUT2D eigenvalue weighted by atomic mass is 10.0. The monoisotopic (exact) mass is 275 g/mol. The fraction of sp³-hybridized carbons (Fsp3) is 0.688. The van der Waals surface area contributed by atoms with Crippen molar-refractivity contribution in [2.24, 2.45) is 0 Å². The van der Waals surface area contributed by atoms with Gasteiger partial charge < -0.3 is 15.0 Å². The van der Waals surface area contributed by atoms with E-state index in [1.807, 2.05) is 12.3 Å². The van der Waals surface area contributed by atoms with Crippen LogP contribution in [-0.4, -0.2) is 43.4 Å². The van der Waals surface area contributed by atoms with Gasteiger partial charge in [0.1, 0.15) is 5.82 Å². The van der Waals surface area contributed by atoms with Crippen molar-refractivity contribution in [3.05, 3.63) is 24.4 Å². The number of rotatable bonds is 3. The molecule has 3 rings (SSSR count). The lowest BCUT2D eigenvalue weighted by Crippen LogP contribution is -2.46. The van der Waals surface area contributed by atoms with Crippen LogP contribution in [0.4, 0.5) is 5.82 Å². The van der Waals surface area contributed by atoms with Crippen LogP contribution in [0, 0.1) is 0 Å². The van der Waals surface area contributed by atoms with E-state index < -0.39 is 0 Å². The summed E-state index contributed by atoms with van der Waals surface area (Å²) in [5.41, 5.74) is 0. The van der Waals surface area contributed by atoms with Gasteiger partial charge in [-0.15, -0.1) is 0 Å². The highest BCUT2D eigenvalue weighted by atomic mass is 16.5. The van der Waals surface area contributed by atoms with Crippen molar-refractivity contribution in [1.29, 1.82) is 0 Å². The number of anilines is 1. The van der Waals surface area contributed by atoms with Gasteiger partial charge in [-0.05, 0) is 44.2 Å². The molecule has 0 radical (unpaired) electrons. The number of hydrogen-bond donors (Lipinski definition) is 1. The van der Waals surface area contributed by atoms with Crippen LogP contribution in [0.1, 0.15) is 32.1 Å². The SMILES string of the molecule is c1ccc(N2CCC(NC3CCCOCC3)CC2)nc1. The van der Waals surface area contributed by atoms with Crippen molar-refractivity contribution in [2.45, 2.75) is 44.2 Å². The van der Waals surface area contributed by atoms with Crippen molar-refractivity contribution in [3.63, 3.8) is 0 Å². The first-order valence-electron chi connectivity index (χ1n) is 7.91. The highest BCUT2D eigenvalue weighted by Gasteiger charge is 2.22. The maximum atomic E-state index is 5.53. The normalized spacial score (nSPS) is 25.4. The van der Waals surface area contributed by atoms with E-state index in [-0.39, 0.29) is 0 Å². The van der Waals surface area contributed by atoms with Gasteiger partial charge in [0, 0.05) is 44.6 Å². The Morgan fingerprint density at radius 1 is 1.05 bits per heavy atom. The summed E-state index contributed by atoms with van der Waals surface area (Å²) in [5, 5.41) is 3.84. The highest BCUT2D eigenvalue weighted by Crippen LogP contribution is 2.19. The second-order valence-corrected chi connectivity index (χ2v) is 5.86. The minimum absolute atomic E-state index is 0.656. The first kappa shape index (κ1) is 13.8. The molecule has 1 aromatic rings. The third-order valence-electron chi connectivity index (χ3n) is 4.39. The standard InChI is InChI=1S/C16H25N3O/c1-2-9-17-16(5-1)19-10-6-15(7-11-19)18-14-4-3-12-20-13-8-14/h1-2,5,9,14-15,18H,3-4,6-8,10-13H2. The molecule has 0 saturated carbocycles. The predicted molar refractivity (Wildman–Crippen MR) is 81.1 cm³/mol. The zero-order valence-electron chi connectivity index (χ0n) is 12.1. The Kier molecular flexibility index (Phi) is 4.87. The largest absolute Gasteiger partial charge is 0.381 e. The van der Waals surface area contributed by atoms with Gasteiger partial charge in [0.2, 0.25) is 0 Å². The smallest absolute Gasteiger partial charge is 0.128 e. The van der Waals surface area contributed by atoms with Crippen LogP contribution in [0.5, 0.6) is 0 Å². The molecule has 1 N–H and O–H groups in total. The number of hydrogen-bond acceptors (Lipinski definition) is 4. The molecule has 110 valence electrons.